The number of benzene rings is 1. The Balaban J connectivity index is 2.27. The third kappa shape index (κ3) is 1.96. The monoisotopic (exact) mass is 288 g/mol. The van der Waals surface area contributed by atoms with Gasteiger partial charge in [0.15, 0.2) is 5.65 Å². The van der Waals surface area contributed by atoms with Gasteiger partial charge < -0.3 is 10.7 Å². The number of rotatable bonds is 2. The second kappa shape index (κ2) is 4.50. The van der Waals surface area contributed by atoms with E-state index < -0.39 is 5.91 Å². The van der Waals surface area contributed by atoms with Crippen LogP contribution in [0, 0.1) is 0 Å². The van der Waals surface area contributed by atoms with Gasteiger partial charge in [0.05, 0.1) is 11.9 Å². The zero-order valence-corrected chi connectivity index (χ0v) is 10.9. The number of primary amides is 1. The number of nitrogens with two attached hydrogens (primary N) is 1. The fourth-order valence-electron chi connectivity index (χ4n) is 1.95. The summed E-state index contributed by atoms with van der Waals surface area (Å²) in [6.07, 6.45) is 1.27. The molecule has 20 heavy (non-hydrogen) atoms. The number of nitrogens with zero attached hydrogens (tertiary/aromatic N) is 2. The Bertz CT molecular complexity index is 864. The number of carbonyl (C=O) groups is 1. The van der Waals surface area contributed by atoms with Gasteiger partial charge in [-0.2, -0.15) is 9.61 Å². The molecule has 0 saturated heterocycles. The molecule has 3 rings (SSSR count). The lowest BCUT2D eigenvalue weighted by atomic mass is 10.1. The average Bonchev–Trinajstić information content (AvgIpc) is 2.84. The topological polar surface area (TPSA) is 93.2 Å². The molecule has 0 aliphatic rings. The molecule has 2 aromatic heterocycles. The fraction of sp³-hybridized carbons (Fsp3) is 0. The van der Waals surface area contributed by atoms with E-state index in [1.54, 1.807) is 24.3 Å². The molecular weight excluding hydrogens is 280 g/mol. The lowest BCUT2D eigenvalue weighted by Gasteiger charge is -2.03. The van der Waals surface area contributed by atoms with Crippen molar-refractivity contribution in [1.29, 1.82) is 0 Å². The quantitative estimate of drug-likeness (QED) is 0.747. The van der Waals surface area contributed by atoms with E-state index in [4.69, 9.17) is 17.3 Å². The lowest BCUT2D eigenvalue weighted by Crippen LogP contribution is -2.16. The van der Waals surface area contributed by atoms with Crippen molar-refractivity contribution in [3.63, 3.8) is 0 Å². The normalized spacial score (nSPS) is 10.8. The number of aromatic amines is 1. The predicted octanol–water partition coefficient (Wildman–Crippen LogP) is 1.44. The number of carbonyl (C=O) groups excluding carboxylic acids is 1. The first-order chi connectivity index (χ1) is 9.56. The summed E-state index contributed by atoms with van der Waals surface area (Å²) in [6.45, 7) is 0. The van der Waals surface area contributed by atoms with E-state index in [0.29, 0.717) is 10.7 Å². The number of hydrogen-bond donors (Lipinski definition) is 2. The Kier molecular flexibility index (Phi) is 2.80. The molecule has 7 heteroatoms. The number of halogens is 1. The molecule has 3 aromatic rings. The van der Waals surface area contributed by atoms with Gasteiger partial charge in [0.25, 0.3) is 11.5 Å². The minimum atomic E-state index is -0.649. The summed E-state index contributed by atoms with van der Waals surface area (Å²) < 4.78 is 1.10. The highest BCUT2D eigenvalue weighted by atomic mass is 35.5. The highest BCUT2D eigenvalue weighted by Gasteiger charge is 2.13. The van der Waals surface area contributed by atoms with Crippen molar-refractivity contribution in [3.8, 4) is 11.3 Å². The van der Waals surface area contributed by atoms with Crippen molar-refractivity contribution in [2.75, 3.05) is 0 Å². The molecule has 0 unspecified atom stereocenters. The molecule has 6 nitrogen and oxygen atoms in total. The first kappa shape index (κ1) is 12.4. The maximum absolute atomic E-state index is 12.0. The minimum absolute atomic E-state index is 0.165. The van der Waals surface area contributed by atoms with Gasteiger partial charge in [-0.15, -0.1) is 0 Å². The largest absolute Gasteiger partial charge is 0.365 e. The van der Waals surface area contributed by atoms with Crippen molar-refractivity contribution in [3.05, 3.63) is 57.5 Å². The van der Waals surface area contributed by atoms with E-state index in [0.717, 1.165) is 10.1 Å². The number of hydrogen-bond acceptors (Lipinski definition) is 3. The van der Waals surface area contributed by atoms with Gasteiger partial charge >= 0.3 is 0 Å². The summed E-state index contributed by atoms with van der Waals surface area (Å²) >= 11 is 5.83. The summed E-state index contributed by atoms with van der Waals surface area (Å²) in [5, 5.41) is 4.44. The maximum Gasteiger partial charge on any atom is 0.274 e. The Hall–Kier alpha value is -2.60. The van der Waals surface area contributed by atoms with Gasteiger partial charge in [-0.1, -0.05) is 23.7 Å². The Morgan fingerprint density at radius 3 is 2.65 bits per heavy atom. The summed E-state index contributed by atoms with van der Waals surface area (Å²) in [6, 6.07) is 8.36. The van der Waals surface area contributed by atoms with Crippen molar-refractivity contribution in [1.82, 2.24) is 14.6 Å². The van der Waals surface area contributed by atoms with Gasteiger partial charge in [-0.05, 0) is 17.7 Å². The third-order valence-electron chi connectivity index (χ3n) is 2.92. The molecule has 3 N–H and O–H groups in total. The molecule has 0 saturated carbocycles. The zero-order valence-electron chi connectivity index (χ0n) is 10.1. The van der Waals surface area contributed by atoms with Gasteiger partial charge in [0.2, 0.25) is 0 Å². The van der Waals surface area contributed by atoms with Crippen molar-refractivity contribution in [2.45, 2.75) is 0 Å². The van der Waals surface area contributed by atoms with E-state index in [2.05, 4.69) is 10.1 Å². The standard InChI is InChI=1S/C13H9ClN4O2/c14-8-3-1-7(2-4-8)10-5-11(19)18-13(17-10)9(6-16-18)12(15)20/h1-6,17H,(H2,15,20). The highest BCUT2D eigenvalue weighted by Crippen LogP contribution is 2.19. The van der Waals surface area contributed by atoms with Gasteiger partial charge in [0, 0.05) is 11.1 Å². The van der Waals surface area contributed by atoms with Crippen LogP contribution in [-0.2, 0) is 0 Å². The van der Waals surface area contributed by atoms with Gasteiger partial charge in [0.1, 0.15) is 5.56 Å². The molecule has 100 valence electrons. The number of H-pyrrole nitrogens is 1. The smallest absolute Gasteiger partial charge is 0.274 e. The number of aromatic nitrogens is 3. The predicted molar refractivity (Wildman–Crippen MR) is 74.8 cm³/mol. The van der Waals surface area contributed by atoms with E-state index in [1.807, 2.05) is 0 Å². The SMILES string of the molecule is NC(=O)c1cnn2c(=O)cc(-c3ccc(Cl)cc3)[nH]c12. The molecule has 1 aromatic carbocycles. The van der Waals surface area contributed by atoms with E-state index in [-0.39, 0.29) is 16.8 Å². The molecule has 0 aliphatic heterocycles. The molecule has 0 atom stereocenters. The highest BCUT2D eigenvalue weighted by molar-refractivity contribution is 6.30. The zero-order chi connectivity index (χ0) is 14.3. The molecule has 2 heterocycles. The molecule has 0 bridgehead atoms. The van der Waals surface area contributed by atoms with Crippen molar-refractivity contribution in [2.24, 2.45) is 5.73 Å². The van der Waals surface area contributed by atoms with Crippen LogP contribution >= 0.6 is 11.6 Å². The van der Waals surface area contributed by atoms with Crippen LogP contribution in [-0.4, -0.2) is 20.5 Å². The lowest BCUT2D eigenvalue weighted by molar-refractivity contribution is 0.100. The Labute approximate surface area is 117 Å². The van der Waals surface area contributed by atoms with Gasteiger partial charge in [-0.3, -0.25) is 9.59 Å². The number of nitrogens with one attached hydrogen (secondary N) is 1. The van der Waals surface area contributed by atoms with E-state index >= 15 is 0 Å². The summed E-state index contributed by atoms with van der Waals surface area (Å²) in [5.41, 5.74) is 6.66. The summed E-state index contributed by atoms with van der Waals surface area (Å²) in [7, 11) is 0. The molecular formula is C13H9ClN4O2. The minimum Gasteiger partial charge on any atom is -0.365 e. The van der Waals surface area contributed by atoms with Crippen molar-refractivity contribution >= 4 is 23.2 Å². The second-order valence-electron chi connectivity index (χ2n) is 4.21. The van der Waals surface area contributed by atoms with Crippen LogP contribution in [0.1, 0.15) is 10.4 Å². The van der Waals surface area contributed by atoms with Crippen LogP contribution in [0.3, 0.4) is 0 Å². The van der Waals surface area contributed by atoms with Crippen LogP contribution in [0.5, 0.6) is 0 Å². The fourth-order valence-corrected chi connectivity index (χ4v) is 2.08. The van der Waals surface area contributed by atoms with Crippen molar-refractivity contribution < 1.29 is 4.79 Å². The molecule has 1 amide bonds. The van der Waals surface area contributed by atoms with Gasteiger partial charge in [-0.25, -0.2) is 0 Å². The molecule has 0 aliphatic carbocycles. The Morgan fingerprint density at radius 1 is 1.30 bits per heavy atom. The second-order valence-corrected chi connectivity index (χ2v) is 4.65. The third-order valence-corrected chi connectivity index (χ3v) is 3.17. The maximum atomic E-state index is 12.0. The first-order valence-electron chi connectivity index (χ1n) is 5.73. The van der Waals surface area contributed by atoms with E-state index in [9.17, 15) is 9.59 Å². The average molecular weight is 289 g/mol. The molecule has 0 fully saturated rings. The first-order valence-corrected chi connectivity index (χ1v) is 6.11. The summed E-state index contributed by atoms with van der Waals surface area (Å²) in [4.78, 5) is 26.3. The molecule has 0 radical (unpaired) electrons. The van der Waals surface area contributed by atoms with Crippen LogP contribution in [0.15, 0.2) is 41.3 Å². The van der Waals surface area contributed by atoms with Crippen LogP contribution in [0.2, 0.25) is 5.02 Å². The number of amides is 1. The summed E-state index contributed by atoms with van der Waals surface area (Å²) in [5.74, 6) is -0.649. The van der Waals surface area contributed by atoms with Crippen LogP contribution in [0.4, 0.5) is 0 Å². The Morgan fingerprint density at radius 2 is 2.00 bits per heavy atom. The van der Waals surface area contributed by atoms with Crippen LogP contribution < -0.4 is 11.3 Å². The van der Waals surface area contributed by atoms with Crippen LogP contribution in [0.25, 0.3) is 16.9 Å². The number of fused-ring (bicyclic) bond motifs is 1. The van der Waals surface area contributed by atoms with E-state index in [1.165, 1.54) is 12.3 Å². The molecule has 0 spiro atoms.